The van der Waals surface area contributed by atoms with Gasteiger partial charge in [-0.3, -0.25) is 4.79 Å². The van der Waals surface area contributed by atoms with E-state index in [9.17, 15) is 4.79 Å². The smallest absolute Gasteiger partial charge is 0.137 e. The standard InChI is InChI=1S/C17H25NO/c1-14-6-5-7-15(10-14)11-16(19)12-17(13-18)8-3-2-4-9-17/h5-7,10H,2-4,8-9,11-13,18H2,1H3. The molecule has 0 bridgehead atoms. The van der Waals surface area contributed by atoms with Crippen LogP contribution in [0.25, 0.3) is 0 Å². The molecule has 0 saturated heterocycles. The largest absolute Gasteiger partial charge is 0.330 e. The molecule has 1 fully saturated rings. The van der Waals surface area contributed by atoms with Crippen LogP contribution in [0.15, 0.2) is 24.3 Å². The summed E-state index contributed by atoms with van der Waals surface area (Å²) in [4.78, 5) is 12.3. The van der Waals surface area contributed by atoms with Crippen LogP contribution in [-0.4, -0.2) is 12.3 Å². The van der Waals surface area contributed by atoms with Gasteiger partial charge in [0.25, 0.3) is 0 Å². The quantitative estimate of drug-likeness (QED) is 0.880. The summed E-state index contributed by atoms with van der Waals surface area (Å²) in [6.07, 6.45) is 7.24. The van der Waals surface area contributed by atoms with Crippen LogP contribution in [0.3, 0.4) is 0 Å². The van der Waals surface area contributed by atoms with Crippen molar-refractivity contribution in [2.45, 2.75) is 51.9 Å². The van der Waals surface area contributed by atoms with Crippen LogP contribution in [0, 0.1) is 12.3 Å². The molecule has 2 rings (SSSR count). The van der Waals surface area contributed by atoms with Crippen molar-refractivity contribution in [3.8, 4) is 0 Å². The molecule has 1 aromatic carbocycles. The second-order valence-corrected chi connectivity index (χ2v) is 6.15. The maximum Gasteiger partial charge on any atom is 0.137 e. The van der Waals surface area contributed by atoms with Crippen LogP contribution in [0.2, 0.25) is 0 Å². The van der Waals surface area contributed by atoms with Crippen molar-refractivity contribution in [3.63, 3.8) is 0 Å². The van der Waals surface area contributed by atoms with E-state index in [-0.39, 0.29) is 5.41 Å². The van der Waals surface area contributed by atoms with Crippen LogP contribution >= 0.6 is 0 Å². The normalized spacial score (nSPS) is 18.2. The molecule has 0 aliphatic heterocycles. The van der Waals surface area contributed by atoms with E-state index >= 15 is 0 Å². The second-order valence-electron chi connectivity index (χ2n) is 6.15. The summed E-state index contributed by atoms with van der Waals surface area (Å²) in [7, 11) is 0. The minimum atomic E-state index is 0.0964. The van der Waals surface area contributed by atoms with Gasteiger partial charge in [-0.05, 0) is 37.3 Å². The van der Waals surface area contributed by atoms with Gasteiger partial charge in [-0.1, -0.05) is 49.1 Å². The van der Waals surface area contributed by atoms with Gasteiger partial charge in [0.15, 0.2) is 0 Å². The third-order valence-corrected chi connectivity index (χ3v) is 4.40. The SMILES string of the molecule is Cc1cccc(CC(=O)CC2(CN)CCCCC2)c1. The van der Waals surface area contributed by atoms with Crippen LogP contribution < -0.4 is 5.73 Å². The molecule has 2 N–H and O–H groups in total. The molecular formula is C17H25NO. The Morgan fingerprint density at radius 1 is 1.26 bits per heavy atom. The number of hydrogen-bond acceptors (Lipinski definition) is 2. The lowest BCUT2D eigenvalue weighted by atomic mass is 9.70. The Morgan fingerprint density at radius 3 is 2.63 bits per heavy atom. The Morgan fingerprint density at radius 2 is 2.00 bits per heavy atom. The first-order valence-corrected chi connectivity index (χ1v) is 7.41. The van der Waals surface area contributed by atoms with E-state index in [0.29, 0.717) is 25.2 Å². The minimum Gasteiger partial charge on any atom is -0.330 e. The molecule has 0 amide bonds. The average molecular weight is 259 g/mol. The third-order valence-electron chi connectivity index (χ3n) is 4.40. The molecule has 2 nitrogen and oxygen atoms in total. The highest BCUT2D eigenvalue weighted by atomic mass is 16.1. The van der Waals surface area contributed by atoms with Crippen LogP contribution in [-0.2, 0) is 11.2 Å². The summed E-state index contributed by atoms with van der Waals surface area (Å²) in [6.45, 7) is 2.73. The van der Waals surface area contributed by atoms with Crippen molar-refractivity contribution < 1.29 is 4.79 Å². The molecule has 2 heteroatoms. The highest BCUT2D eigenvalue weighted by Gasteiger charge is 2.32. The lowest BCUT2D eigenvalue weighted by molar-refractivity contribution is -0.121. The molecule has 0 aromatic heterocycles. The fourth-order valence-electron chi connectivity index (χ4n) is 3.29. The van der Waals surface area contributed by atoms with Gasteiger partial charge < -0.3 is 5.73 Å². The number of benzene rings is 1. The Bertz CT molecular complexity index is 433. The van der Waals surface area contributed by atoms with Gasteiger partial charge in [0.05, 0.1) is 0 Å². The summed E-state index contributed by atoms with van der Waals surface area (Å²) in [5, 5.41) is 0. The monoisotopic (exact) mass is 259 g/mol. The molecule has 19 heavy (non-hydrogen) atoms. The first-order valence-electron chi connectivity index (χ1n) is 7.41. The maximum absolute atomic E-state index is 12.3. The van der Waals surface area contributed by atoms with Crippen molar-refractivity contribution in [2.75, 3.05) is 6.54 Å². The van der Waals surface area contributed by atoms with Crippen molar-refractivity contribution in [1.29, 1.82) is 0 Å². The molecule has 0 radical (unpaired) electrons. The van der Waals surface area contributed by atoms with Crippen LogP contribution in [0.1, 0.15) is 49.7 Å². The summed E-state index contributed by atoms with van der Waals surface area (Å²) in [5.41, 5.74) is 8.40. The molecule has 0 heterocycles. The lowest BCUT2D eigenvalue weighted by Gasteiger charge is -2.35. The number of carbonyl (C=O) groups excluding carboxylic acids is 1. The van der Waals surface area contributed by atoms with Crippen molar-refractivity contribution in [3.05, 3.63) is 35.4 Å². The first kappa shape index (κ1) is 14.3. The molecule has 0 spiro atoms. The molecule has 1 saturated carbocycles. The van der Waals surface area contributed by atoms with Crippen molar-refractivity contribution in [2.24, 2.45) is 11.1 Å². The summed E-state index contributed by atoms with van der Waals surface area (Å²) >= 11 is 0. The zero-order valence-electron chi connectivity index (χ0n) is 12.0. The van der Waals surface area contributed by atoms with Crippen LogP contribution in [0.4, 0.5) is 0 Å². The fourth-order valence-corrected chi connectivity index (χ4v) is 3.29. The Kier molecular flexibility index (Phi) is 4.76. The van der Waals surface area contributed by atoms with E-state index in [1.54, 1.807) is 0 Å². The number of nitrogens with two attached hydrogens (primary N) is 1. The average Bonchev–Trinajstić information content (AvgIpc) is 2.39. The Labute approximate surface area is 116 Å². The number of hydrogen-bond donors (Lipinski definition) is 1. The van der Waals surface area contributed by atoms with E-state index in [1.807, 2.05) is 12.1 Å². The lowest BCUT2D eigenvalue weighted by Crippen LogP contribution is -2.35. The van der Waals surface area contributed by atoms with E-state index in [1.165, 1.54) is 24.8 Å². The van der Waals surface area contributed by atoms with Gasteiger partial charge in [-0.25, -0.2) is 0 Å². The molecular weight excluding hydrogens is 234 g/mol. The number of carbonyl (C=O) groups is 1. The minimum absolute atomic E-state index is 0.0964. The van der Waals surface area contributed by atoms with Gasteiger partial charge in [-0.15, -0.1) is 0 Å². The molecule has 0 unspecified atom stereocenters. The predicted molar refractivity (Wildman–Crippen MR) is 79.1 cm³/mol. The maximum atomic E-state index is 12.3. The number of Topliss-reactive ketones (excluding diaryl/α,β-unsaturated/α-hetero) is 1. The van der Waals surface area contributed by atoms with E-state index in [4.69, 9.17) is 5.73 Å². The first-order chi connectivity index (χ1) is 9.13. The molecule has 1 aliphatic carbocycles. The highest BCUT2D eigenvalue weighted by Crippen LogP contribution is 2.38. The number of aryl methyl sites for hydroxylation is 1. The van der Waals surface area contributed by atoms with Crippen LogP contribution in [0.5, 0.6) is 0 Å². The second kappa shape index (κ2) is 6.33. The van der Waals surface area contributed by atoms with Crippen molar-refractivity contribution in [1.82, 2.24) is 0 Å². The van der Waals surface area contributed by atoms with E-state index in [2.05, 4.69) is 19.1 Å². The summed E-state index contributed by atoms with van der Waals surface area (Å²) in [5.74, 6) is 0.345. The van der Waals surface area contributed by atoms with Gasteiger partial charge in [0, 0.05) is 12.8 Å². The molecule has 104 valence electrons. The van der Waals surface area contributed by atoms with Gasteiger partial charge in [0.1, 0.15) is 5.78 Å². The summed E-state index contributed by atoms with van der Waals surface area (Å²) < 4.78 is 0. The van der Waals surface area contributed by atoms with E-state index in [0.717, 1.165) is 18.4 Å². The Balaban J connectivity index is 1.96. The van der Waals surface area contributed by atoms with Crippen molar-refractivity contribution >= 4 is 5.78 Å². The zero-order valence-corrected chi connectivity index (χ0v) is 12.0. The molecule has 0 atom stereocenters. The summed E-state index contributed by atoms with van der Waals surface area (Å²) in [6, 6.07) is 8.24. The highest BCUT2D eigenvalue weighted by molar-refractivity contribution is 5.81. The molecule has 1 aromatic rings. The predicted octanol–water partition coefficient (Wildman–Crippen LogP) is 3.41. The zero-order chi connectivity index (χ0) is 13.7. The number of ketones is 1. The van der Waals surface area contributed by atoms with Gasteiger partial charge in [-0.2, -0.15) is 0 Å². The molecule has 1 aliphatic rings. The van der Waals surface area contributed by atoms with E-state index < -0.39 is 0 Å². The Hall–Kier alpha value is -1.15. The van der Waals surface area contributed by atoms with Gasteiger partial charge >= 0.3 is 0 Å². The fraction of sp³-hybridized carbons (Fsp3) is 0.588. The topological polar surface area (TPSA) is 43.1 Å². The third kappa shape index (κ3) is 3.90. The number of rotatable bonds is 5. The van der Waals surface area contributed by atoms with Gasteiger partial charge in [0.2, 0.25) is 0 Å².